The number of hydrogen-bond acceptors (Lipinski definition) is 3. The van der Waals surface area contributed by atoms with E-state index in [1.54, 1.807) is 6.20 Å². The van der Waals surface area contributed by atoms with Crippen molar-refractivity contribution in [1.29, 1.82) is 0 Å². The second-order valence-electron chi connectivity index (χ2n) is 4.60. The van der Waals surface area contributed by atoms with E-state index in [0.717, 1.165) is 36.3 Å². The summed E-state index contributed by atoms with van der Waals surface area (Å²) in [5, 5.41) is 0. The van der Waals surface area contributed by atoms with Crippen LogP contribution in [-0.4, -0.2) is 11.6 Å². The van der Waals surface area contributed by atoms with Crippen LogP contribution in [0.5, 0.6) is 5.75 Å². The van der Waals surface area contributed by atoms with Crippen molar-refractivity contribution < 1.29 is 4.74 Å². The molecule has 0 saturated heterocycles. The third-order valence-corrected chi connectivity index (χ3v) is 2.93. The van der Waals surface area contributed by atoms with E-state index in [1.165, 1.54) is 0 Å². The summed E-state index contributed by atoms with van der Waals surface area (Å²) < 4.78 is 5.58. The van der Waals surface area contributed by atoms with Crippen molar-refractivity contribution in [2.24, 2.45) is 5.73 Å². The lowest BCUT2D eigenvalue weighted by atomic mass is 10.0. The zero-order valence-electron chi connectivity index (χ0n) is 11.3. The van der Waals surface area contributed by atoms with Crippen molar-refractivity contribution in [2.45, 2.75) is 25.8 Å². The van der Waals surface area contributed by atoms with Gasteiger partial charge in [0, 0.05) is 12.2 Å². The van der Waals surface area contributed by atoms with Gasteiger partial charge in [-0.15, -0.1) is 0 Å². The molecule has 0 aliphatic rings. The second kappa shape index (κ2) is 6.90. The molecule has 1 aromatic carbocycles. The molecule has 2 N–H and O–H groups in total. The Morgan fingerprint density at radius 2 is 2.00 bits per heavy atom. The van der Waals surface area contributed by atoms with Gasteiger partial charge in [0.25, 0.3) is 0 Å². The minimum absolute atomic E-state index is 0.00979. The molecule has 0 amide bonds. The van der Waals surface area contributed by atoms with Crippen LogP contribution in [0.1, 0.15) is 30.5 Å². The monoisotopic (exact) mass is 256 g/mol. The molecular formula is C16H20N2O. The van der Waals surface area contributed by atoms with Crippen molar-refractivity contribution in [3.8, 4) is 5.75 Å². The number of ether oxygens (including phenoxy) is 1. The first-order valence-electron chi connectivity index (χ1n) is 6.67. The fourth-order valence-electron chi connectivity index (χ4n) is 1.95. The van der Waals surface area contributed by atoms with Crippen LogP contribution in [0.15, 0.2) is 48.8 Å². The van der Waals surface area contributed by atoms with E-state index in [4.69, 9.17) is 10.5 Å². The first kappa shape index (κ1) is 13.6. The third-order valence-electron chi connectivity index (χ3n) is 2.93. The standard InChI is InChI=1S/C16H20N2O/c1-2-8-19-15-9-13(11-18-12-15)10-16(17)14-6-4-3-5-7-14/h3-7,9,11-12,16H,2,8,10,17H2,1H3. The molecule has 19 heavy (non-hydrogen) atoms. The van der Waals surface area contributed by atoms with Crippen LogP contribution in [0.3, 0.4) is 0 Å². The van der Waals surface area contributed by atoms with Gasteiger partial charge in [0.2, 0.25) is 0 Å². The average Bonchev–Trinajstić information content (AvgIpc) is 2.46. The van der Waals surface area contributed by atoms with E-state index in [-0.39, 0.29) is 6.04 Å². The molecule has 0 bridgehead atoms. The molecule has 3 nitrogen and oxygen atoms in total. The van der Waals surface area contributed by atoms with Gasteiger partial charge in [-0.05, 0) is 30.0 Å². The van der Waals surface area contributed by atoms with Gasteiger partial charge >= 0.3 is 0 Å². The molecule has 0 saturated carbocycles. The Labute approximate surface area is 114 Å². The highest BCUT2D eigenvalue weighted by Crippen LogP contribution is 2.18. The Bertz CT molecular complexity index is 499. The number of rotatable bonds is 6. The van der Waals surface area contributed by atoms with Crippen LogP contribution < -0.4 is 10.5 Å². The van der Waals surface area contributed by atoms with Crippen LogP contribution in [0.25, 0.3) is 0 Å². The fourth-order valence-corrected chi connectivity index (χ4v) is 1.95. The third kappa shape index (κ3) is 4.07. The van der Waals surface area contributed by atoms with Gasteiger partial charge in [0.05, 0.1) is 12.8 Å². The molecule has 0 aliphatic heterocycles. The van der Waals surface area contributed by atoms with Crippen molar-refractivity contribution >= 4 is 0 Å². The van der Waals surface area contributed by atoms with E-state index in [1.807, 2.05) is 30.5 Å². The SMILES string of the molecule is CCCOc1cncc(CC(N)c2ccccc2)c1. The topological polar surface area (TPSA) is 48.1 Å². The number of nitrogens with zero attached hydrogens (tertiary/aromatic N) is 1. The number of benzene rings is 1. The number of hydrogen-bond donors (Lipinski definition) is 1. The van der Waals surface area contributed by atoms with E-state index < -0.39 is 0 Å². The molecule has 1 heterocycles. The highest BCUT2D eigenvalue weighted by atomic mass is 16.5. The van der Waals surface area contributed by atoms with Crippen LogP contribution >= 0.6 is 0 Å². The molecule has 3 heteroatoms. The van der Waals surface area contributed by atoms with Gasteiger partial charge in [-0.3, -0.25) is 4.98 Å². The second-order valence-corrected chi connectivity index (χ2v) is 4.60. The summed E-state index contributed by atoms with van der Waals surface area (Å²) in [5.74, 6) is 0.819. The molecular weight excluding hydrogens is 236 g/mol. The zero-order valence-corrected chi connectivity index (χ0v) is 11.3. The Hall–Kier alpha value is -1.87. The Kier molecular flexibility index (Phi) is 4.93. The van der Waals surface area contributed by atoms with Crippen LogP contribution in [-0.2, 0) is 6.42 Å². The molecule has 0 fully saturated rings. The van der Waals surface area contributed by atoms with Crippen LogP contribution in [0.2, 0.25) is 0 Å². The van der Waals surface area contributed by atoms with E-state index in [9.17, 15) is 0 Å². The van der Waals surface area contributed by atoms with E-state index >= 15 is 0 Å². The van der Waals surface area contributed by atoms with Gasteiger partial charge in [0.1, 0.15) is 5.75 Å². The normalized spacial score (nSPS) is 12.1. The van der Waals surface area contributed by atoms with Gasteiger partial charge < -0.3 is 10.5 Å². The summed E-state index contributed by atoms with van der Waals surface area (Å²) in [7, 11) is 0. The maximum atomic E-state index is 6.21. The molecule has 0 aliphatic carbocycles. The van der Waals surface area contributed by atoms with Gasteiger partial charge in [0.15, 0.2) is 0 Å². The van der Waals surface area contributed by atoms with E-state index in [2.05, 4.69) is 24.0 Å². The highest BCUT2D eigenvalue weighted by Gasteiger charge is 2.07. The Morgan fingerprint density at radius 1 is 1.21 bits per heavy atom. The molecule has 100 valence electrons. The lowest BCUT2D eigenvalue weighted by molar-refractivity contribution is 0.316. The molecule has 1 atom stereocenters. The smallest absolute Gasteiger partial charge is 0.137 e. The molecule has 2 rings (SSSR count). The van der Waals surface area contributed by atoms with Crippen LogP contribution in [0, 0.1) is 0 Å². The average molecular weight is 256 g/mol. The zero-order chi connectivity index (χ0) is 13.5. The predicted molar refractivity (Wildman–Crippen MR) is 77.1 cm³/mol. The molecule has 0 spiro atoms. The summed E-state index contributed by atoms with van der Waals surface area (Å²) in [4.78, 5) is 4.20. The lowest BCUT2D eigenvalue weighted by Crippen LogP contribution is -2.13. The summed E-state index contributed by atoms with van der Waals surface area (Å²) in [6.07, 6.45) is 5.35. The van der Waals surface area contributed by atoms with Gasteiger partial charge in [-0.25, -0.2) is 0 Å². The summed E-state index contributed by atoms with van der Waals surface area (Å²) in [5.41, 5.74) is 8.45. The molecule has 2 aromatic rings. The minimum atomic E-state index is -0.00979. The first-order valence-corrected chi connectivity index (χ1v) is 6.67. The Balaban J connectivity index is 2.02. The number of nitrogens with two attached hydrogens (primary N) is 1. The quantitative estimate of drug-likeness (QED) is 0.864. The number of pyridine rings is 1. The predicted octanol–water partition coefficient (Wildman–Crippen LogP) is 3.11. The lowest BCUT2D eigenvalue weighted by Gasteiger charge is -2.12. The van der Waals surface area contributed by atoms with Crippen molar-refractivity contribution in [1.82, 2.24) is 4.98 Å². The summed E-state index contributed by atoms with van der Waals surface area (Å²) >= 11 is 0. The maximum Gasteiger partial charge on any atom is 0.137 e. The van der Waals surface area contributed by atoms with Crippen molar-refractivity contribution in [2.75, 3.05) is 6.61 Å². The molecule has 0 radical (unpaired) electrons. The fraction of sp³-hybridized carbons (Fsp3) is 0.312. The van der Waals surface area contributed by atoms with Gasteiger partial charge in [-0.2, -0.15) is 0 Å². The van der Waals surface area contributed by atoms with E-state index in [0.29, 0.717) is 0 Å². The van der Waals surface area contributed by atoms with Crippen molar-refractivity contribution in [3.05, 3.63) is 59.9 Å². The largest absolute Gasteiger partial charge is 0.492 e. The maximum absolute atomic E-state index is 6.21. The molecule has 1 unspecified atom stereocenters. The Morgan fingerprint density at radius 3 is 2.74 bits per heavy atom. The minimum Gasteiger partial charge on any atom is -0.492 e. The molecule has 1 aromatic heterocycles. The van der Waals surface area contributed by atoms with Crippen molar-refractivity contribution in [3.63, 3.8) is 0 Å². The van der Waals surface area contributed by atoms with Crippen LogP contribution in [0.4, 0.5) is 0 Å². The summed E-state index contributed by atoms with van der Waals surface area (Å²) in [6.45, 7) is 2.80. The first-order chi connectivity index (χ1) is 9.29. The number of aromatic nitrogens is 1. The summed E-state index contributed by atoms with van der Waals surface area (Å²) in [6, 6.07) is 12.1. The highest BCUT2D eigenvalue weighted by molar-refractivity contribution is 5.27. The van der Waals surface area contributed by atoms with Gasteiger partial charge in [-0.1, -0.05) is 37.3 Å².